The third-order valence-corrected chi connectivity index (χ3v) is 7.66. The van der Waals surface area contributed by atoms with E-state index in [2.05, 4.69) is 25.2 Å². The third-order valence-electron chi connectivity index (χ3n) is 7.66. The molecule has 0 aliphatic carbocycles. The first-order valence-corrected chi connectivity index (χ1v) is 14.3. The number of ether oxygens (including phenoxy) is 2. The maximum Gasteiger partial charge on any atom is 0.228 e. The zero-order chi connectivity index (χ0) is 29.1. The molecule has 9 nitrogen and oxygen atoms in total. The lowest BCUT2D eigenvalue weighted by Gasteiger charge is -2.26. The van der Waals surface area contributed by atoms with Gasteiger partial charge in [-0.15, -0.1) is 0 Å². The van der Waals surface area contributed by atoms with Crippen LogP contribution in [0.25, 0.3) is 33.1 Å². The van der Waals surface area contributed by atoms with Crippen molar-refractivity contribution in [3.63, 3.8) is 0 Å². The van der Waals surface area contributed by atoms with Crippen molar-refractivity contribution >= 4 is 33.4 Å². The normalized spacial score (nSPS) is 14.9. The molecule has 0 unspecified atom stereocenters. The molecule has 2 aliphatic rings. The van der Waals surface area contributed by atoms with Crippen molar-refractivity contribution in [2.45, 2.75) is 26.7 Å². The van der Waals surface area contributed by atoms with E-state index in [9.17, 15) is 9.90 Å². The molecule has 3 aromatic carbocycles. The van der Waals surface area contributed by atoms with E-state index in [0.717, 1.165) is 83.6 Å². The van der Waals surface area contributed by atoms with E-state index in [1.54, 1.807) is 0 Å². The molecule has 1 saturated heterocycles. The number of hydrogen-bond acceptors (Lipinski definition) is 7. The van der Waals surface area contributed by atoms with Gasteiger partial charge in [-0.3, -0.25) is 9.69 Å². The van der Waals surface area contributed by atoms with E-state index in [1.807, 2.05) is 68.4 Å². The highest BCUT2D eigenvalue weighted by atomic mass is 16.5. The van der Waals surface area contributed by atoms with Gasteiger partial charge in [0.2, 0.25) is 5.91 Å². The predicted molar refractivity (Wildman–Crippen MR) is 164 cm³/mol. The van der Waals surface area contributed by atoms with Gasteiger partial charge in [0.05, 0.1) is 43.0 Å². The standard InChI is InChI=1S/C24H26N4O3.C9H9NO/c1-16-3-5-18-21(13-16)27-24(29)22(18)23-19-6-4-17(14-20(19)25-15-26-23)31-10-2-7-28-8-11-30-12-9-28;1-6-2-3-7-5-9(11)10-8(7)4-6/h3-6,13-15,27,29H,2,7-12H2,1H3;2-4H,5H2,1H3,(H,10,11). The zero-order valence-electron chi connectivity index (χ0n) is 23.9. The molecule has 3 N–H and O–H groups in total. The number of morpholine rings is 1. The Morgan fingerprint density at radius 3 is 2.62 bits per heavy atom. The number of aromatic amines is 1. The molecule has 5 aromatic rings. The summed E-state index contributed by atoms with van der Waals surface area (Å²) in [5.74, 6) is 1.01. The Balaban J connectivity index is 0.000000240. The van der Waals surface area contributed by atoms with Crippen LogP contribution in [0.1, 0.15) is 23.1 Å². The third kappa shape index (κ3) is 6.07. The molecule has 2 aliphatic heterocycles. The lowest BCUT2D eigenvalue weighted by molar-refractivity contribution is -0.115. The van der Waals surface area contributed by atoms with E-state index in [4.69, 9.17) is 9.47 Å². The number of hydrogen-bond donors (Lipinski definition) is 3. The Morgan fingerprint density at radius 2 is 1.76 bits per heavy atom. The molecule has 2 aromatic heterocycles. The van der Waals surface area contributed by atoms with Crippen LogP contribution in [0.5, 0.6) is 11.6 Å². The number of nitrogens with zero attached hydrogens (tertiary/aromatic N) is 3. The van der Waals surface area contributed by atoms with Gasteiger partial charge in [0, 0.05) is 47.7 Å². The molecular formula is C33H35N5O4. The number of aromatic hydroxyl groups is 1. The van der Waals surface area contributed by atoms with Crippen LogP contribution >= 0.6 is 0 Å². The van der Waals surface area contributed by atoms with Crippen molar-refractivity contribution < 1.29 is 19.4 Å². The molecule has 4 heterocycles. The van der Waals surface area contributed by atoms with E-state index in [1.165, 1.54) is 11.9 Å². The van der Waals surface area contributed by atoms with Crippen LogP contribution < -0.4 is 10.1 Å². The maximum absolute atomic E-state index is 10.9. The summed E-state index contributed by atoms with van der Waals surface area (Å²) in [6.07, 6.45) is 3.04. The average Bonchev–Trinajstić information content (AvgIpc) is 3.52. The molecule has 0 bridgehead atoms. The molecule has 9 heteroatoms. The largest absolute Gasteiger partial charge is 0.494 e. The highest BCUT2D eigenvalue weighted by Crippen LogP contribution is 2.39. The van der Waals surface area contributed by atoms with Gasteiger partial charge >= 0.3 is 0 Å². The number of carbonyl (C=O) groups excluding carboxylic acids is 1. The summed E-state index contributed by atoms with van der Waals surface area (Å²) in [5, 5.41) is 15.2. The van der Waals surface area contributed by atoms with Crippen molar-refractivity contribution in [3.05, 3.63) is 77.6 Å². The van der Waals surface area contributed by atoms with Crippen LogP contribution in [0.3, 0.4) is 0 Å². The molecule has 0 saturated carbocycles. The van der Waals surface area contributed by atoms with E-state index in [0.29, 0.717) is 24.3 Å². The van der Waals surface area contributed by atoms with Gasteiger partial charge in [-0.1, -0.05) is 24.3 Å². The second-order valence-corrected chi connectivity index (χ2v) is 10.8. The number of anilines is 1. The zero-order valence-corrected chi connectivity index (χ0v) is 23.9. The van der Waals surface area contributed by atoms with Crippen LogP contribution in [0.15, 0.2) is 60.9 Å². The van der Waals surface area contributed by atoms with Crippen molar-refractivity contribution in [2.24, 2.45) is 0 Å². The van der Waals surface area contributed by atoms with Crippen molar-refractivity contribution in [1.29, 1.82) is 0 Å². The van der Waals surface area contributed by atoms with Crippen LogP contribution in [0.4, 0.5) is 5.69 Å². The van der Waals surface area contributed by atoms with Crippen LogP contribution in [-0.2, 0) is 16.0 Å². The molecule has 1 fully saturated rings. The fraction of sp³-hybridized carbons (Fsp3) is 0.303. The lowest BCUT2D eigenvalue weighted by Crippen LogP contribution is -2.37. The van der Waals surface area contributed by atoms with Gasteiger partial charge in [-0.05, 0) is 61.2 Å². The van der Waals surface area contributed by atoms with Gasteiger partial charge in [0.1, 0.15) is 12.1 Å². The number of benzene rings is 3. The highest BCUT2D eigenvalue weighted by Gasteiger charge is 2.18. The van der Waals surface area contributed by atoms with Gasteiger partial charge in [-0.25, -0.2) is 9.97 Å². The molecule has 7 rings (SSSR count). The quantitative estimate of drug-likeness (QED) is 0.237. The van der Waals surface area contributed by atoms with Gasteiger partial charge in [-0.2, -0.15) is 0 Å². The SMILES string of the molecule is Cc1ccc2c(-c3ncnc4cc(OCCCN5CCOCC5)ccc34)c(O)[nH]c2c1.Cc1ccc2c(c1)NC(=O)C2. The first-order chi connectivity index (χ1) is 20.4. The minimum Gasteiger partial charge on any atom is -0.494 e. The summed E-state index contributed by atoms with van der Waals surface area (Å²) >= 11 is 0. The summed E-state index contributed by atoms with van der Waals surface area (Å²) in [7, 11) is 0. The minimum atomic E-state index is 0.102. The lowest BCUT2D eigenvalue weighted by atomic mass is 10.0. The monoisotopic (exact) mass is 565 g/mol. The molecule has 0 spiro atoms. The first-order valence-electron chi connectivity index (χ1n) is 14.3. The second-order valence-electron chi connectivity index (χ2n) is 10.8. The Kier molecular flexibility index (Phi) is 8.03. The number of rotatable bonds is 6. The smallest absolute Gasteiger partial charge is 0.228 e. The van der Waals surface area contributed by atoms with Gasteiger partial charge < -0.3 is 24.9 Å². The average molecular weight is 566 g/mol. The number of aryl methyl sites for hydroxylation is 2. The molecule has 0 atom stereocenters. The maximum atomic E-state index is 10.9. The van der Waals surface area contributed by atoms with Gasteiger partial charge in [0.15, 0.2) is 5.88 Å². The Bertz CT molecular complexity index is 1740. The topological polar surface area (TPSA) is 113 Å². The van der Waals surface area contributed by atoms with E-state index < -0.39 is 0 Å². The second kappa shape index (κ2) is 12.2. The molecule has 1 amide bonds. The van der Waals surface area contributed by atoms with Gasteiger partial charge in [0.25, 0.3) is 0 Å². The summed E-state index contributed by atoms with van der Waals surface area (Å²) in [6.45, 7) is 9.35. The molecule has 0 radical (unpaired) electrons. The molecular weight excluding hydrogens is 530 g/mol. The highest BCUT2D eigenvalue weighted by molar-refractivity contribution is 6.05. The van der Waals surface area contributed by atoms with E-state index >= 15 is 0 Å². The number of amides is 1. The summed E-state index contributed by atoms with van der Waals surface area (Å²) in [5.41, 5.74) is 7.49. The Labute approximate surface area is 244 Å². The fourth-order valence-corrected chi connectivity index (χ4v) is 5.49. The fourth-order valence-electron chi connectivity index (χ4n) is 5.49. The minimum absolute atomic E-state index is 0.102. The number of carbonyl (C=O) groups is 1. The van der Waals surface area contributed by atoms with E-state index in [-0.39, 0.29) is 11.8 Å². The number of H-pyrrole nitrogens is 1. The summed E-state index contributed by atoms with van der Waals surface area (Å²) in [6, 6.07) is 17.9. The number of nitrogens with one attached hydrogen (secondary N) is 2. The summed E-state index contributed by atoms with van der Waals surface area (Å²) in [4.78, 5) is 25.3. The number of aromatic nitrogens is 3. The van der Waals surface area contributed by atoms with Crippen molar-refractivity contribution in [2.75, 3.05) is 44.8 Å². The Hall–Kier alpha value is -4.47. The summed E-state index contributed by atoms with van der Waals surface area (Å²) < 4.78 is 11.4. The molecule has 216 valence electrons. The predicted octanol–water partition coefficient (Wildman–Crippen LogP) is 5.38. The van der Waals surface area contributed by atoms with Crippen molar-refractivity contribution in [1.82, 2.24) is 19.9 Å². The van der Waals surface area contributed by atoms with Crippen LogP contribution in [0.2, 0.25) is 0 Å². The van der Waals surface area contributed by atoms with Crippen LogP contribution in [-0.4, -0.2) is 70.3 Å². The van der Waals surface area contributed by atoms with Crippen molar-refractivity contribution in [3.8, 4) is 22.9 Å². The Morgan fingerprint density at radius 1 is 0.976 bits per heavy atom. The van der Waals surface area contributed by atoms with Crippen LogP contribution in [0, 0.1) is 13.8 Å². The first kappa shape index (κ1) is 27.7. The number of fused-ring (bicyclic) bond motifs is 3. The molecule has 42 heavy (non-hydrogen) atoms.